The Balaban J connectivity index is 2.93. The molecule has 152 valence electrons. The number of carboxylic acids is 1. The smallest absolute Gasteiger partial charge is 0.328 e. The molecule has 5 unspecified atom stereocenters. The number of carbonyl (C=O) groups is 3. The maximum atomic E-state index is 12.1. The summed E-state index contributed by atoms with van der Waals surface area (Å²) in [7, 11) is 0. The van der Waals surface area contributed by atoms with Crippen molar-refractivity contribution in [3.63, 3.8) is 0 Å². The molecular weight excluding hydrogens is 364 g/mol. The van der Waals surface area contributed by atoms with Gasteiger partial charge in [-0.15, -0.1) is 10.2 Å². The van der Waals surface area contributed by atoms with Crippen LogP contribution < -0.4 is 22.1 Å². The highest BCUT2D eigenvalue weighted by Crippen LogP contribution is 2.20. The Morgan fingerprint density at radius 3 is 2.19 bits per heavy atom. The summed E-state index contributed by atoms with van der Waals surface area (Å²) in [6.07, 6.45) is -2.47. The van der Waals surface area contributed by atoms with Crippen molar-refractivity contribution < 1.29 is 34.1 Å². The van der Waals surface area contributed by atoms with Crippen LogP contribution in [-0.4, -0.2) is 61.7 Å². The van der Waals surface area contributed by atoms with E-state index in [4.69, 9.17) is 21.0 Å². The van der Waals surface area contributed by atoms with Gasteiger partial charge in [0.25, 0.3) is 0 Å². The third kappa shape index (κ3) is 6.80. The number of nitrogens with zero attached hydrogens (tertiary/aromatic N) is 2. The largest absolute Gasteiger partial charge is 0.480 e. The Morgan fingerprint density at radius 1 is 1.11 bits per heavy atom. The van der Waals surface area contributed by atoms with E-state index >= 15 is 0 Å². The Labute approximate surface area is 154 Å². The predicted molar refractivity (Wildman–Crippen MR) is 88.8 cm³/mol. The number of hydrogen-bond donors (Lipinski definition) is 7. The number of urea groups is 1. The van der Waals surface area contributed by atoms with Gasteiger partial charge in [-0.3, -0.25) is 4.79 Å². The van der Waals surface area contributed by atoms with Crippen LogP contribution in [0.25, 0.3) is 0 Å². The number of primary amides is 1. The van der Waals surface area contributed by atoms with Gasteiger partial charge in [-0.2, -0.15) is 0 Å². The van der Waals surface area contributed by atoms with Gasteiger partial charge in [-0.1, -0.05) is 0 Å². The molecule has 0 aliphatic carbocycles. The van der Waals surface area contributed by atoms with Crippen molar-refractivity contribution >= 4 is 17.9 Å². The summed E-state index contributed by atoms with van der Waals surface area (Å²) in [6, 6.07) is -4.44. The van der Waals surface area contributed by atoms with Crippen LogP contribution in [0.15, 0.2) is 4.42 Å². The highest BCUT2D eigenvalue weighted by molar-refractivity contribution is 5.83. The minimum absolute atomic E-state index is 0.0132. The Kier molecular flexibility index (Phi) is 8.08. The lowest BCUT2D eigenvalue weighted by atomic mass is 10.1. The molecule has 5 atom stereocenters. The molecule has 0 bridgehead atoms. The fourth-order valence-corrected chi connectivity index (χ4v) is 2.00. The van der Waals surface area contributed by atoms with E-state index in [1.807, 2.05) is 0 Å². The zero-order valence-electron chi connectivity index (χ0n) is 14.8. The summed E-state index contributed by atoms with van der Waals surface area (Å²) in [5, 5.41) is 39.8. The van der Waals surface area contributed by atoms with E-state index in [2.05, 4.69) is 20.8 Å². The van der Waals surface area contributed by atoms with E-state index in [1.54, 1.807) is 0 Å². The van der Waals surface area contributed by atoms with E-state index in [-0.39, 0.29) is 24.6 Å². The molecule has 13 nitrogen and oxygen atoms in total. The highest BCUT2D eigenvalue weighted by Gasteiger charge is 2.28. The summed E-state index contributed by atoms with van der Waals surface area (Å²) < 4.78 is 5.33. The van der Waals surface area contributed by atoms with Gasteiger partial charge in [0, 0.05) is 6.42 Å². The van der Waals surface area contributed by atoms with Crippen molar-refractivity contribution in [1.29, 1.82) is 0 Å². The first-order chi connectivity index (χ1) is 12.5. The van der Waals surface area contributed by atoms with Crippen LogP contribution in [0.1, 0.15) is 50.6 Å². The number of carboxylic acid groups (broad SMARTS) is 1. The first-order valence-electron chi connectivity index (χ1n) is 8.06. The molecule has 13 heteroatoms. The minimum atomic E-state index is -1.55. The monoisotopic (exact) mass is 388 g/mol. The topological polar surface area (TPSA) is 227 Å². The van der Waals surface area contributed by atoms with Crippen LogP contribution in [0.2, 0.25) is 0 Å². The lowest BCUT2D eigenvalue weighted by Gasteiger charge is -2.20. The fourth-order valence-electron chi connectivity index (χ4n) is 2.00. The summed E-state index contributed by atoms with van der Waals surface area (Å²) in [4.78, 5) is 34.2. The average Bonchev–Trinajstić information content (AvgIpc) is 3.04. The molecule has 0 aliphatic rings. The molecule has 0 saturated heterocycles. The normalized spacial score (nSPS) is 16.6. The number of aliphatic carboxylic acids is 1. The summed E-state index contributed by atoms with van der Waals surface area (Å²) in [6.45, 7) is 2.62. The Hall–Kier alpha value is -2.77. The van der Waals surface area contributed by atoms with Gasteiger partial charge in [0.05, 0.1) is 12.2 Å². The van der Waals surface area contributed by atoms with Crippen molar-refractivity contribution in [1.82, 2.24) is 20.8 Å². The molecule has 9 N–H and O–H groups in total. The first-order valence-corrected chi connectivity index (χ1v) is 8.06. The number of rotatable bonds is 10. The molecule has 0 aromatic carbocycles. The van der Waals surface area contributed by atoms with Crippen LogP contribution in [0.4, 0.5) is 4.79 Å². The van der Waals surface area contributed by atoms with E-state index < -0.39 is 48.2 Å². The van der Waals surface area contributed by atoms with Crippen molar-refractivity contribution in [3.05, 3.63) is 11.8 Å². The lowest BCUT2D eigenvalue weighted by Crippen LogP contribution is -2.51. The number of nitrogens with one attached hydrogen (secondary N) is 2. The van der Waals surface area contributed by atoms with Crippen LogP contribution in [0, 0.1) is 0 Å². The predicted octanol–water partition coefficient (Wildman–Crippen LogP) is -2.11. The van der Waals surface area contributed by atoms with E-state index in [9.17, 15) is 24.6 Å². The van der Waals surface area contributed by atoms with Crippen molar-refractivity contribution in [2.75, 3.05) is 0 Å². The quantitative estimate of drug-likeness (QED) is 0.231. The number of hydrogen-bond acceptors (Lipinski definition) is 9. The number of aliphatic hydroxyl groups is 2. The van der Waals surface area contributed by atoms with Crippen molar-refractivity contribution in [2.45, 2.75) is 57.0 Å². The van der Waals surface area contributed by atoms with Crippen molar-refractivity contribution in [2.24, 2.45) is 11.5 Å². The second-order valence-electron chi connectivity index (χ2n) is 5.98. The maximum absolute atomic E-state index is 12.1. The highest BCUT2D eigenvalue weighted by atomic mass is 16.4. The SMILES string of the molecule is CC(O)C(NC(=O)NC(CCC(N)=O)c1nnc(C(N)C(C)O)o1)C(=O)O. The number of amides is 3. The second kappa shape index (κ2) is 9.80. The fraction of sp³-hybridized carbons (Fsp3) is 0.643. The molecule has 0 aliphatic heterocycles. The molecule has 0 spiro atoms. The van der Waals surface area contributed by atoms with E-state index in [0.29, 0.717) is 0 Å². The number of aromatic nitrogens is 2. The van der Waals surface area contributed by atoms with Crippen LogP contribution >= 0.6 is 0 Å². The molecule has 27 heavy (non-hydrogen) atoms. The molecule has 1 rings (SSSR count). The third-order valence-electron chi connectivity index (χ3n) is 3.58. The van der Waals surface area contributed by atoms with Gasteiger partial charge < -0.3 is 41.8 Å². The number of aliphatic hydroxyl groups excluding tert-OH is 2. The molecule has 1 aromatic heterocycles. The summed E-state index contributed by atoms with van der Waals surface area (Å²) in [5.74, 6) is -2.27. The van der Waals surface area contributed by atoms with Crippen molar-refractivity contribution in [3.8, 4) is 0 Å². The van der Waals surface area contributed by atoms with Gasteiger partial charge in [-0.05, 0) is 20.3 Å². The van der Waals surface area contributed by atoms with Crippen LogP contribution in [-0.2, 0) is 9.59 Å². The zero-order valence-corrected chi connectivity index (χ0v) is 14.8. The average molecular weight is 388 g/mol. The van der Waals surface area contributed by atoms with Gasteiger partial charge in [-0.25, -0.2) is 9.59 Å². The first kappa shape index (κ1) is 22.3. The number of carbonyl (C=O) groups excluding carboxylic acids is 2. The Morgan fingerprint density at radius 2 is 1.70 bits per heavy atom. The molecule has 0 saturated carbocycles. The van der Waals surface area contributed by atoms with Crippen LogP contribution in [0.5, 0.6) is 0 Å². The molecule has 0 fully saturated rings. The molecule has 1 aromatic rings. The van der Waals surface area contributed by atoms with Crippen LogP contribution in [0.3, 0.4) is 0 Å². The Bertz CT molecular complexity index is 662. The molecular formula is C14H24N6O7. The van der Waals surface area contributed by atoms with Gasteiger partial charge >= 0.3 is 12.0 Å². The van der Waals surface area contributed by atoms with Gasteiger partial charge in [0.1, 0.15) is 12.1 Å². The minimum Gasteiger partial charge on any atom is -0.480 e. The third-order valence-corrected chi connectivity index (χ3v) is 3.58. The standard InChI is InChI=1S/C14H24N6O7/c1-5(21)9(16)12-20-19-11(27-12)7(3-4-8(15)23)17-14(26)18-10(6(2)22)13(24)25/h5-7,9-10,21-22H,3-4,16H2,1-2H3,(H2,15,23)(H,24,25)(H2,17,18,26). The lowest BCUT2D eigenvalue weighted by molar-refractivity contribution is -0.141. The summed E-state index contributed by atoms with van der Waals surface area (Å²) >= 11 is 0. The molecule has 1 heterocycles. The molecule has 0 radical (unpaired) electrons. The van der Waals surface area contributed by atoms with E-state index in [0.717, 1.165) is 0 Å². The maximum Gasteiger partial charge on any atom is 0.328 e. The van der Waals surface area contributed by atoms with Gasteiger partial charge in [0.15, 0.2) is 6.04 Å². The second-order valence-corrected chi connectivity index (χ2v) is 5.98. The summed E-state index contributed by atoms with van der Waals surface area (Å²) in [5.41, 5.74) is 10.8. The van der Waals surface area contributed by atoms with Gasteiger partial charge in [0.2, 0.25) is 17.7 Å². The van der Waals surface area contributed by atoms with E-state index in [1.165, 1.54) is 13.8 Å². The number of nitrogens with two attached hydrogens (primary N) is 2. The zero-order chi connectivity index (χ0) is 20.7. The molecule has 3 amide bonds.